The first kappa shape index (κ1) is 23.7. The van der Waals surface area contributed by atoms with Gasteiger partial charge < -0.3 is 15.0 Å². The summed E-state index contributed by atoms with van der Waals surface area (Å²) in [5.74, 6) is -0.801. The lowest BCUT2D eigenvalue weighted by molar-refractivity contribution is -0.152. The molecule has 0 aromatic carbocycles. The van der Waals surface area contributed by atoms with Gasteiger partial charge in [-0.2, -0.15) is 0 Å². The molecule has 6 nitrogen and oxygen atoms in total. The number of nitrogens with one attached hydrogen (secondary N) is 1. The Morgan fingerprint density at radius 3 is 2.48 bits per heavy atom. The van der Waals surface area contributed by atoms with E-state index < -0.39 is 24.0 Å². The molecule has 2 aliphatic carbocycles. The Morgan fingerprint density at radius 2 is 1.77 bits per heavy atom. The molecule has 3 rings (SSSR count). The molecule has 0 saturated heterocycles. The highest BCUT2D eigenvalue weighted by Crippen LogP contribution is 2.42. The first-order valence-electron chi connectivity index (χ1n) is 12.0. The number of hydrogen-bond acceptors (Lipinski definition) is 4. The van der Waals surface area contributed by atoms with Crippen molar-refractivity contribution >= 4 is 17.8 Å². The van der Waals surface area contributed by atoms with Gasteiger partial charge in [0.1, 0.15) is 25.2 Å². The zero-order valence-corrected chi connectivity index (χ0v) is 18.8. The summed E-state index contributed by atoms with van der Waals surface area (Å²) in [6, 6.07) is 0. The first-order valence-corrected chi connectivity index (χ1v) is 12.0. The van der Waals surface area contributed by atoms with Gasteiger partial charge in [-0.05, 0) is 63.4 Å². The van der Waals surface area contributed by atoms with Crippen LogP contribution in [0, 0.1) is 11.3 Å². The molecule has 1 heterocycles. The van der Waals surface area contributed by atoms with Crippen LogP contribution in [0.5, 0.6) is 0 Å². The van der Waals surface area contributed by atoms with E-state index in [1.807, 2.05) is 4.90 Å². The fraction of sp³-hybridized carbons (Fsp3) is 0.792. The van der Waals surface area contributed by atoms with E-state index in [2.05, 4.69) is 5.32 Å². The molecule has 7 heteroatoms. The minimum absolute atomic E-state index is 0.146. The van der Waals surface area contributed by atoms with Crippen LogP contribution < -0.4 is 5.32 Å². The maximum absolute atomic E-state index is 13.7. The number of amides is 2. The molecule has 1 N–H and O–H groups in total. The second kappa shape index (κ2) is 11.1. The Balaban J connectivity index is 1.79. The number of carbonyl (C=O) groups is 3. The van der Waals surface area contributed by atoms with E-state index in [0.717, 1.165) is 44.2 Å². The third-order valence-corrected chi connectivity index (χ3v) is 7.06. The Kier molecular flexibility index (Phi) is 8.50. The zero-order chi connectivity index (χ0) is 22.3. The van der Waals surface area contributed by atoms with Gasteiger partial charge in [0.2, 0.25) is 11.8 Å². The van der Waals surface area contributed by atoms with Crippen LogP contribution in [0.25, 0.3) is 0 Å². The molecule has 0 spiro atoms. The standard InChI is InChI=1S/C24H37FN2O4/c1-24(22(29)26-16-21(28)31-14-13-25)15-19-11-7-2-3-8-12-20(19)27(23(24)30)17-18-9-5-4-6-10-18/h18H,2-17H2,1H3,(H,26,29). The van der Waals surface area contributed by atoms with Crippen molar-refractivity contribution in [3.63, 3.8) is 0 Å². The molecule has 3 aliphatic rings. The second-order valence-corrected chi connectivity index (χ2v) is 9.49. The molecule has 31 heavy (non-hydrogen) atoms. The monoisotopic (exact) mass is 436 g/mol. The van der Waals surface area contributed by atoms with Crippen LogP contribution in [0.4, 0.5) is 4.39 Å². The van der Waals surface area contributed by atoms with E-state index in [1.54, 1.807) is 6.92 Å². The number of halogens is 1. The summed E-state index contributed by atoms with van der Waals surface area (Å²) < 4.78 is 16.9. The number of hydrogen-bond donors (Lipinski definition) is 1. The summed E-state index contributed by atoms with van der Waals surface area (Å²) in [6.07, 6.45) is 12.7. The van der Waals surface area contributed by atoms with Crippen molar-refractivity contribution < 1.29 is 23.5 Å². The van der Waals surface area contributed by atoms with E-state index in [1.165, 1.54) is 37.7 Å². The summed E-state index contributed by atoms with van der Waals surface area (Å²) in [6.45, 7) is 0.961. The van der Waals surface area contributed by atoms with Gasteiger partial charge >= 0.3 is 5.97 Å². The molecule has 1 unspecified atom stereocenters. The quantitative estimate of drug-likeness (QED) is 0.483. The minimum Gasteiger partial charge on any atom is -0.462 e. The molecular weight excluding hydrogens is 399 g/mol. The number of ether oxygens (including phenoxy) is 1. The maximum Gasteiger partial charge on any atom is 0.325 e. The summed E-state index contributed by atoms with van der Waals surface area (Å²) >= 11 is 0. The molecule has 0 radical (unpaired) electrons. The number of allylic oxidation sites excluding steroid dienone is 2. The molecule has 1 atom stereocenters. The van der Waals surface area contributed by atoms with Gasteiger partial charge in [-0.3, -0.25) is 14.4 Å². The van der Waals surface area contributed by atoms with Gasteiger partial charge in [0.05, 0.1) is 0 Å². The molecule has 1 fully saturated rings. The molecule has 174 valence electrons. The molecule has 2 amide bonds. The lowest BCUT2D eigenvalue weighted by Crippen LogP contribution is -2.55. The van der Waals surface area contributed by atoms with E-state index in [-0.39, 0.29) is 19.1 Å². The first-order chi connectivity index (χ1) is 15.0. The average Bonchev–Trinajstić information content (AvgIpc) is 2.76. The van der Waals surface area contributed by atoms with Gasteiger partial charge in [0.15, 0.2) is 0 Å². The Morgan fingerprint density at radius 1 is 1.10 bits per heavy atom. The van der Waals surface area contributed by atoms with Crippen molar-refractivity contribution in [2.24, 2.45) is 11.3 Å². The topological polar surface area (TPSA) is 75.7 Å². The predicted molar refractivity (Wildman–Crippen MR) is 116 cm³/mol. The van der Waals surface area contributed by atoms with Crippen molar-refractivity contribution in [3.05, 3.63) is 11.3 Å². The van der Waals surface area contributed by atoms with Crippen molar-refractivity contribution in [2.45, 2.75) is 84.0 Å². The van der Waals surface area contributed by atoms with Gasteiger partial charge in [-0.1, -0.05) is 32.1 Å². The summed E-state index contributed by atoms with van der Waals surface area (Å²) in [5.41, 5.74) is 1.16. The van der Waals surface area contributed by atoms with Gasteiger partial charge in [-0.25, -0.2) is 4.39 Å². The van der Waals surface area contributed by atoms with Crippen LogP contribution in [-0.2, 0) is 19.1 Å². The normalized spacial score (nSPS) is 25.5. The Hall–Kier alpha value is -1.92. The van der Waals surface area contributed by atoms with Crippen molar-refractivity contribution in [3.8, 4) is 0 Å². The van der Waals surface area contributed by atoms with Crippen molar-refractivity contribution in [2.75, 3.05) is 26.4 Å². The third-order valence-electron chi connectivity index (χ3n) is 7.06. The van der Waals surface area contributed by atoms with Crippen molar-refractivity contribution in [1.82, 2.24) is 10.2 Å². The second-order valence-electron chi connectivity index (χ2n) is 9.49. The lowest BCUT2D eigenvalue weighted by Gasteiger charge is -2.43. The Bertz CT molecular complexity index is 702. The van der Waals surface area contributed by atoms with Gasteiger partial charge in [-0.15, -0.1) is 0 Å². The van der Waals surface area contributed by atoms with E-state index >= 15 is 0 Å². The third kappa shape index (κ3) is 5.86. The van der Waals surface area contributed by atoms with Crippen LogP contribution in [0.1, 0.15) is 84.0 Å². The highest BCUT2D eigenvalue weighted by atomic mass is 19.1. The number of esters is 1. The van der Waals surface area contributed by atoms with Crippen molar-refractivity contribution in [1.29, 1.82) is 0 Å². The predicted octanol–water partition coefficient (Wildman–Crippen LogP) is 4.04. The van der Waals surface area contributed by atoms with E-state index in [9.17, 15) is 18.8 Å². The lowest BCUT2D eigenvalue weighted by atomic mass is 9.74. The molecule has 1 aliphatic heterocycles. The maximum atomic E-state index is 13.7. The van der Waals surface area contributed by atoms with Gasteiger partial charge in [0, 0.05) is 12.2 Å². The van der Waals surface area contributed by atoms with Crippen LogP contribution in [-0.4, -0.2) is 49.1 Å². The van der Waals surface area contributed by atoms with Crippen LogP contribution in [0.3, 0.4) is 0 Å². The fourth-order valence-electron chi connectivity index (χ4n) is 5.29. The largest absolute Gasteiger partial charge is 0.462 e. The molecule has 0 aromatic rings. The molecule has 0 aromatic heterocycles. The molecule has 1 saturated carbocycles. The van der Waals surface area contributed by atoms with Gasteiger partial charge in [0.25, 0.3) is 0 Å². The van der Waals surface area contributed by atoms with E-state index in [4.69, 9.17) is 4.74 Å². The number of carbonyl (C=O) groups excluding carboxylic acids is 3. The van der Waals surface area contributed by atoms with E-state index in [0.29, 0.717) is 18.9 Å². The summed E-state index contributed by atoms with van der Waals surface area (Å²) in [5, 5.41) is 2.57. The Labute approximate surface area is 184 Å². The highest BCUT2D eigenvalue weighted by molar-refractivity contribution is 6.06. The molecule has 0 bridgehead atoms. The van der Waals surface area contributed by atoms with Crippen LogP contribution in [0.2, 0.25) is 0 Å². The minimum atomic E-state index is -1.23. The summed E-state index contributed by atoms with van der Waals surface area (Å²) in [7, 11) is 0. The smallest absolute Gasteiger partial charge is 0.325 e. The SMILES string of the molecule is CC1(C(=O)NCC(=O)OCCF)CC2=C(CCCCCC2)N(CC2CCCCC2)C1=O. The number of rotatable bonds is 7. The number of nitrogens with zero attached hydrogens (tertiary/aromatic N) is 1. The molecular formula is C24H37FN2O4. The summed E-state index contributed by atoms with van der Waals surface area (Å²) in [4.78, 5) is 40.4. The number of alkyl halides is 1. The zero-order valence-electron chi connectivity index (χ0n) is 18.8. The average molecular weight is 437 g/mol. The highest BCUT2D eigenvalue weighted by Gasteiger charge is 2.49. The van der Waals surface area contributed by atoms with Crippen LogP contribution >= 0.6 is 0 Å². The fourth-order valence-corrected chi connectivity index (χ4v) is 5.29. The van der Waals surface area contributed by atoms with Crippen LogP contribution in [0.15, 0.2) is 11.3 Å².